The van der Waals surface area contributed by atoms with Crippen molar-refractivity contribution in [1.29, 1.82) is 0 Å². The van der Waals surface area contributed by atoms with Crippen molar-refractivity contribution in [2.24, 2.45) is 0 Å². The van der Waals surface area contributed by atoms with Crippen LogP contribution in [-0.4, -0.2) is 29.3 Å². The highest BCUT2D eigenvalue weighted by molar-refractivity contribution is 5.89. The first kappa shape index (κ1) is 13.7. The number of carbonyl (C=O) groups excluding carboxylic acids is 1. The molecule has 3 heteroatoms. The maximum absolute atomic E-state index is 13.1. The number of benzene rings is 1. The van der Waals surface area contributed by atoms with E-state index >= 15 is 0 Å². The van der Waals surface area contributed by atoms with Crippen molar-refractivity contribution in [3.05, 3.63) is 35.6 Å². The van der Waals surface area contributed by atoms with E-state index in [1.165, 1.54) is 17.7 Å². The summed E-state index contributed by atoms with van der Waals surface area (Å²) in [7, 11) is 2.10. The van der Waals surface area contributed by atoms with Gasteiger partial charge in [-0.3, -0.25) is 9.69 Å². The highest BCUT2D eigenvalue weighted by atomic mass is 19.1. The van der Waals surface area contributed by atoms with Gasteiger partial charge in [-0.2, -0.15) is 0 Å². The first-order valence-corrected chi connectivity index (χ1v) is 7.58. The lowest BCUT2D eigenvalue weighted by atomic mass is 9.75. The number of hydrogen-bond donors (Lipinski definition) is 0. The summed E-state index contributed by atoms with van der Waals surface area (Å²) >= 11 is 0. The summed E-state index contributed by atoms with van der Waals surface area (Å²) in [5, 5.41) is 0. The third-order valence-corrected chi connectivity index (χ3v) is 5.44. The molecule has 0 aromatic heterocycles. The van der Waals surface area contributed by atoms with Crippen LogP contribution in [0.25, 0.3) is 0 Å². The summed E-state index contributed by atoms with van der Waals surface area (Å²) in [6.07, 6.45) is 4.67. The van der Waals surface area contributed by atoms with Crippen LogP contribution < -0.4 is 0 Å². The van der Waals surface area contributed by atoms with Gasteiger partial charge in [0.2, 0.25) is 0 Å². The number of hydrogen-bond acceptors (Lipinski definition) is 2. The Kier molecular flexibility index (Phi) is 3.41. The van der Waals surface area contributed by atoms with E-state index in [0.717, 1.165) is 25.7 Å². The van der Waals surface area contributed by atoms with Crippen molar-refractivity contribution in [2.75, 3.05) is 7.05 Å². The second kappa shape index (κ2) is 4.96. The Morgan fingerprint density at radius 2 is 2.10 bits per heavy atom. The van der Waals surface area contributed by atoms with Gasteiger partial charge in [0, 0.05) is 12.5 Å². The Morgan fingerprint density at radius 1 is 1.40 bits per heavy atom. The Bertz CT molecular complexity index is 512. The van der Waals surface area contributed by atoms with Crippen LogP contribution in [0.3, 0.4) is 0 Å². The van der Waals surface area contributed by atoms with Crippen molar-refractivity contribution in [3.8, 4) is 0 Å². The smallest absolute Gasteiger partial charge is 0.152 e. The first-order valence-electron chi connectivity index (χ1n) is 7.58. The van der Waals surface area contributed by atoms with Crippen molar-refractivity contribution in [2.45, 2.75) is 56.5 Å². The predicted octanol–water partition coefficient (Wildman–Crippen LogP) is 3.52. The highest BCUT2D eigenvalue weighted by Gasteiger charge is 2.53. The summed E-state index contributed by atoms with van der Waals surface area (Å²) in [6.45, 7) is 1.96. The van der Waals surface area contributed by atoms with E-state index in [1.54, 1.807) is 0 Å². The Hall–Kier alpha value is -1.22. The molecule has 0 amide bonds. The lowest BCUT2D eigenvalue weighted by molar-refractivity contribution is -0.131. The van der Waals surface area contributed by atoms with Crippen molar-refractivity contribution in [3.63, 3.8) is 0 Å². The zero-order valence-electron chi connectivity index (χ0n) is 12.2. The maximum atomic E-state index is 13.1. The van der Waals surface area contributed by atoms with Crippen LogP contribution in [0.1, 0.15) is 50.5 Å². The van der Waals surface area contributed by atoms with Gasteiger partial charge in [0.1, 0.15) is 5.82 Å². The molecule has 0 saturated carbocycles. The fourth-order valence-electron chi connectivity index (χ4n) is 4.23. The number of ketones is 1. The van der Waals surface area contributed by atoms with E-state index in [2.05, 4.69) is 11.9 Å². The highest BCUT2D eigenvalue weighted by Crippen LogP contribution is 2.49. The van der Waals surface area contributed by atoms with Crippen molar-refractivity contribution in [1.82, 2.24) is 4.90 Å². The molecule has 2 aliphatic rings. The SMILES string of the molecule is CCC(=O)[C@@]12CCC(C[C@H](c3ccc(F)cc3)C1)N2C. The van der Waals surface area contributed by atoms with Gasteiger partial charge in [-0.05, 0) is 56.3 Å². The van der Waals surface area contributed by atoms with E-state index in [1.807, 2.05) is 19.1 Å². The Morgan fingerprint density at radius 3 is 2.75 bits per heavy atom. The number of fused-ring (bicyclic) bond motifs is 2. The molecule has 0 aliphatic carbocycles. The van der Waals surface area contributed by atoms with E-state index in [-0.39, 0.29) is 11.4 Å². The van der Waals surface area contributed by atoms with Crippen LogP contribution in [0.5, 0.6) is 0 Å². The summed E-state index contributed by atoms with van der Waals surface area (Å²) in [6, 6.07) is 7.33. The lowest BCUT2D eigenvalue weighted by Gasteiger charge is -2.45. The van der Waals surface area contributed by atoms with E-state index < -0.39 is 0 Å². The second-order valence-electron chi connectivity index (χ2n) is 6.30. The lowest BCUT2D eigenvalue weighted by Crippen LogP contribution is -2.54. The van der Waals surface area contributed by atoms with E-state index in [0.29, 0.717) is 24.2 Å². The summed E-state index contributed by atoms with van der Waals surface area (Å²) < 4.78 is 13.1. The van der Waals surface area contributed by atoms with Gasteiger partial charge >= 0.3 is 0 Å². The molecule has 2 saturated heterocycles. The van der Waals surface area contributed by atoms with E-state index in [9.17, 15) is 9.18 Å². The number of piperidine rings is 1. The first-order chi connectivity index (χ1) is 9.56. The largest absolute Gasteiger partial charge is 0.298 e. The third kappa shape index (κ3) is 1.99. The van der Waals surface area contributed by atoms with Crippen LogP contribution >= 0.6 is 0 Å². The molecule has 0 N–H and O–H groups in total. The standard InChI is InChI=1S/C17H22FNO/c1-3-16(20)17-9-8-15(19(17)2)10-13(11-17)12-4-6-14(18)7-5-12/h4-7,13,15H,3,8-11H2,1-2H3/t13-,15?,17+/m0/s1. The van der Waals surface area contributed by atoms with Crippen molar-refractivity contribution < 1.29 is 9.18 Å². The van der Waals surface area contributed by atoms with Crippen LogP contribution in [0.2, 0.25) is 0 Å². The van der Waals surface area contributed by atoms with Gasteiger partial charge in [-0.25, -0.2) is 4.39 Å². The minimum absolute atomic E-state index is 0.191. The number of carbonyl (C=O) groups is 1. The van der Waals surface area contributed by atoms with Crippen LogP contribution in [-0.2, 0) is 4.79 Å². The Labute approximate surface area is 120 Å². The van der Waals surface area contributed by atoms with Gasteiger partial charge in [0.05, 0.1) is 5.54 Å². The molecule has 3 rings (SSSR count). The number of halogens is 1. The van der Waals surface area contributed by atoms with Gasteiger partial charge in [-0.1, -0.05) is 19.1 Å². The molecule has 0 radical (unpaired) electrons. The Balaban J connectivity index is 1.90. The second-order valence-corrected chi connectivity index (χ2v) is 6.30. The molecule has 1 unspecified atom stereocenters. The monoisotopic (exact) mass is 275 g/mol. The molecule has 2 fully saturated rings. The quantitative estimate of drug-likeness (QED) is 0.841. The van der Waals surface area contributed by atoms with Gasteiger partial charge < -0.3 is 0 Å². The zero-order chi connectivity index (χ0) is 14.3. The zero-order valence-corrected chi connectivity index (χ0v) is 12.2. The number of nitrogens with zero attached hydrogens (tertiary/aromatic N) is 1. The minimum Gasteiger partial charge on any atom is -0.298 e. The molecule has 108 valence electrons. The summed E-state index contributed by atoms with van der Waals surface area (Å²) in [5.41, 5.74) is 0.913. The molecule has 2 nitrogen and oxygen atoms in total. The minimum atomic E-state index is -0.267. The molecule has 3 atom stereocenters. The molecular weight excluding hydrogens is 253 g/mol. The molecule has 1 aromatic rings. The number of likely N-dealkylation sites (N-methyl/N-ethyl adjacent to an activating group) is 1. The van der Waals surface area contributed by atoms with E-state index in [4.69, 9.17) is 0 Å². The summed E-state index contributed by atoms with van der Waals surface area (Å²) in [5.74, 6) is 0.563. The van der Waals surface area contributed by atoms with Crippen LogP contribution in [0.15, 0.2) is 24.3 Å². The average molecular weight is 275 g/mol. The molecule has 2 aliphatic heterocycles. The average Bonchev–Trinajstić information content (AvgIpc) is 2.66. The fraction of sp³-hybridized carbons (Fsp3) is 0.588. The van der Waals surface area contributed by atoms with Crippen LogP contribution in [0, 0.1) is 5.82 Å². The predicted molar refractivity (Wildman–Crippen MR) is 77.2 cm³/mol. The third-order valence-electron chi connectivity index (χ3n) is 5.44. The summed E-state index contributed by atoms with van der Waals surface area (Å²) in [4.78, 5) is 14.8. The number of Topliss-reactive ketones (excluding diaryl/α,β-unsaturated/α-hetero) is 1. The number of rotatable bonds is 3. The fourth-order valence-corrected chi connectivity index (χ4v) is 4.23. The van der Waals surface area contributed by atoms with Gasteiger partial charge in [-0.15, -0.1) is 0 Å². The van der Waals surface area contributed by atoms with Crippen LogP contribution in [0.4, 0.5) is 4.39 Å². The molecular formula is C17H22FNO. The maximum Gasteiger partial charge on any atom is 0.152 e. The van der Waals surface area contributed by atoms with Gasteiger partial charge in [0.15, 0.2) is 5.78 Å². The molecule has 2 bridgehead atoms. The topological polar surface area (TPSA) is 20.3 Å². The van der Waals surface area contributed by atoms with Gasteiger partial charge in [0.25, 0.3) is 0 Å². The molecule has 20 heavy (non-hydrogen) atoms. The molecule has 2 heterocycles. The van der Waals surface area contributed by atoms with Crippen molar-refractivity contribution >= 4 is 5.78 Å². The normalized spacial score (nSPS) is 33.4. The molecule has 0 spiro atoms. The molecule has 1 aromatic carbocycles.